The van der Waals surface area contributed by atoms with Crippen LogP contribution >= 0.6 is 0 Å². The van der Waals surface area contributed by atoms with E-state index in [1.54, 1.807) is 0 Å². The van der Waals surface area contributed by atoms with Crippen molar-refractivity contribution in [1.82, 2.24) is 9.80 Å². The van der Waals surface area contributed by atoms with Crippen LogP contribution in [0, 0.1) is 0 Å². The predicted molar refractivity (Wildman–Crippen MR) is 226 cm³/mol. The van der Waals surface area contributed by atoms with E-state index in [2.05, 4.69) is 72.8 Å². The molecule has 2 aliphatic rings. The number of carbonyl (C=O) groups is 4. The van der Waals surface area contributed by atoms with E-state index in [-0.39, 0.29) is 35.7 Å². The van der Waals surface area contributed by atoms with E-state index in [1.807, 2.05) is 52.0 Å². The van der Waals surface area contributed by atoms with Crippen LogP contribution in [0.25, 0.3) is 108 Å². The van der Waals surface area contributed by atoms with Gasteiger partial charge in [-0.25, -0.2) is 0 Å². The third-order valence-electron chi connectivity index (χ3n) is 13.2. The summed E-state index contributed by atoms with van der Waals surface area (Å²) in [6, 6.07) is 33.3. The second-order valence-corrected chi connectivity index (χ2v) is 16.4. The van der Waals surface area contributed by atoms with Gasteiger partial charge in [-0.2, -0.15) is 0 Å². The zero-order chi connectivity index (χ0) is 37.8. The van der Waals surface area contributed by atoms with E-state index in [9.17, 15) is 19.2 Å². The Morgan fingerprint density at radius 2 is 0.429 bits per heavy atom. The lowest BCUT2D eigenvalue weighted by Gasteiger charge is -2.31. The highest BCUT2D eigenvalue weighted by Crippen LogP contribution is 2.52. The van der Waals surface area contributed by atoms with Crippen LogP contribution in [-0.2, 0) is 0 Å². The molecule has 0 bridgehead atoms. The molecule has 0 unspecified atom stereocenters. The quantitative estimate of drug-likeness (QED) is 0.101. The molecule has 0 saturated carbocycles. The molecular weight excluding hydrogens is 693 g/mol. The number of hydrogen-bond donors (Lipinski definition) is 0. The van der Waals surface area contributed by atoms with Gasteiger partial charge in [-0.15, -0.1) is 0 Å². The average molecular weight is 723 g/mol. The summed E-state index contributed by atoms with van der Waals surface area (Å²) in [5.74, 6) is -0.957. The second kappa shape index (κ2) is 9.65. The summed E-state index contributed by atoms with van der Waals surface area (Å²) in [5.41, 5.74) is 2.31. The molecule has 0 fully saturated rings. The molecule has 2 heterocycles. The number of hydrogen-bond acceptors (Lipinski definition) is 4. The molecule has 13 rings (SSSR count). The molecule has 11 aromatic rings. The Morgan fingerprint density at radius 3 is 0.607 bits per heavy atom. The van der Waals surface area contributed by atoms with Gasteiger partial charge >= 0.3 is 0 Å². The summed E-state index contributed by atoms with van der Waals surface area (Å²) in [6.45, 7) is 7.51. The number of nitrogens with zero attached hydrogens (tertiary/aromatic N) is 2. The first-order valence-corrected chi connectivity index (χ1v) is 19.3. The Morgan fingerprint density at radius 1 is 0.268 bits per heavy atom. The lowest BCUT2D eigenvalue weighted by Crippen LogP contribution is -2.44. The maximum Gasteiger partial charge on any atom is 0.261 e. The molecule has 0 atom stereocenters. The SMILES string of the molecule is CC(C)N1C(=O)c2ccc3c4ccc5c6ccc7c8ccc9c%10c(ccc(c%11ccc(c%12ccc(c%13ccc(c2c3%13)C1=O)c4c5%12)c6c7%11)c%108)C(=O)N(C(C)C)C9=O. The van der Waals surface area contributed by atoms with Crippen LogP contribution in [0.5, 0.6) is 0 Å². The fraction of sp³-hybridized carbons (Fsp3) is 0.120. The second-order valence-electron chi connectivity index (χ2n) is 16.4. The van der Waals surface area contributed by atoms with Crippen molar-refractivity contribution in [3.63, 3.8) is 0 Å². The van der Waals surface area contributed by atoms with Gasteiger partial charge in [0, 0.05) is 45.1 Å². The zero-order valence-electron chi connectivity index (χ0n) is 30.9. The van der Waals surface area contributed by atoms with Gasteiger partial charge < -0.3 is 0 Å². The lowest BCUT2D eigenvalue weighted by atomic mass is 9.80. The minimum Gasteiger partial charge on any atom is -0.272 e. The number of amides is 4. The number of rotatable bonds is 2. The van der Waals surface area contributed by atoms with Crippen molar-refractivity contribution in [3.05, 3.63) is 119 Å². The largest absolute Gasteiger partial charge is 0.272 e. The molecular formula is C50H30N2O4. The maximum atomic E-state index is 13.7. The molecule has 0 N–H and O–H groups in total. The number of fused-ring (bicyclic) bond motifs is 6. The molecule has 0 radical (unpaired) electrons. The van der Waals surface area contributed by atoms with Gasteiger partial charge in [-0.05, 0) is 149 Å². The van der Waals surface area contributed by atoms with Gasteiger partial charge in [0.05, 0.1) is 0 Å². The summed E-state index contributed by atoms with van der Waals surface area (Å²) in [4.78, 5) is 57.7. The van der Waals surface area contributed by atoms with Crippen LogP contribution < -0.4 is 0 Å². The third kappa shape index (κ3) is 3.19. The fourth-order valence-corrected chi connectivity index (χ4v) is 11.0. The molecule has 0 aliphatic carbocycles. The first kappa shape index (κ1) is 30.4. The lowest BCUT2D eigenvalue weighted by molar-refractivity contribution is 0.0547. The van der Waals surface area contributed by atoms with Gasteiger partial charge in [-0.3, -0.25) is 29.0 Å². The molecule has 0 spiro atoms. The van der Waals surface area contributed by atoms with Gasteiger partial charge in [0.2, 0.25) is 0 Å². The van der Waals surface area contributed by atoms with Crippen molar-refractivity contribution in [2.75, 3.05) is 0 Å². The van der Waals surface area contributed by atoms with E-state index in [0.29, 0.717) is 22.3 Å². The van der Waals surface area contributed by atoms with Crippen molar-refractivity contribution in [2.24, 2.45) is 0 Å². The zero-order valence-corrected chi connectivity index (χ0v) is 30.9. The maximum absolute atomic E-state index is 13.7. The van der Waals surface area contributed by atoms with Crippen molar-refractivity contribution < 1.29 is 19.2 Å². The highest BCUT2D eigenvalue weighted by Gasteiger charge is 2.37. The van der Waals surface area contributed by atoms with E-state index in [1.165, 1.54) is 52.9 Å². The summed E-state index contributed by atoms with van der Waals surface area (Å²) < 4.78 is 0. The smallest absolute Gasteiger partial charge is 0.261 e. The fourth-order valence-electron chi connectivity index (χ4n) is 11.0. The van der Waals surface area contributed by atoms with Crippen LogP contribution in [0.3, 0.4) is 0 Å². The Kier molecular flexibility index (Phi) is 5.24. The van der Waals surface area contributed by atoms with Crippen LogP contribution in [0.15, 0.2) is 97.1 Å². The van der Waals surface area contributed by atoms with Crippen molar-refractivity contribution >= 4 is 131 Å². The molecule has 6 nitrogen and oxygen atoms in total. The summed E-state index contributed by atoms with van der Waals surface area (Å²) in [5, 5.41) is 21.5. The predicted octanol–water partition coefficient (Wildman–Crippen LogP) is 11.5. The van der Waals surface area contributed by atoms with E-state index in [0.717, 1.165) is 64.6 Å². The van der Waals surface area contributed by atoms with Gasteiger partial charge in [0.1, 0.15) is 0 Å². The van der Waals surface area contributed by atoms with E-state index >= 15 is 0 Å². The Hall–Kier alpha value is -6.92. The molecule has 11 aromatic carbocycles. The number of carbonyl (C=O) groups excluding carboxylic acids is 4. The highest BCUT2D eigenvalue weighted by molar-refractivity contribution is 6.47. The summed E-state index contributed by atoms with van der Waals surface area (Å²) in [7, 11) is 0. The van der Waals surface area contributed by atoms with Crippen molar-refractivity contribution in [1.29, 1.82) is 0 Å². The highest BCUT2D eigenvalue weighted by atomic mass is 16.2. The van der Waals surface area contributed by atoms with E-state index < -0.39 is 0 Å². The van der Waals surface area contributed by atoms with Crippen molar-refractivity contribution in [3.8, 4) is 0 Å². The van der Waals surface area contributed by atoms with Crippen LogP contribution in [-0.4, -0.2) is 45.5 Å². The first-order valence-electron chi connectivity index (χ1n) is 19.3. The Bertz CT molecular complexity index is 3280. The van der Waals surface area contributed by atoms with Crippen LogP contribution in [0.2, 0.25) is 0 Å². The third-order valence-corrected chi connectivity index (χ3v) is 13.2. The molecule has 56 heavy (non-hydrogen) atoms. The summed E-state index contributed by atoms with van der Waals surface area (Å²) in [6.07, 6.45) is 0. The van der Waals surface area contributed by atoms with E-state index in [4.69, 9.17) is 0 Å². The van der Waals surface area contributed by atoms with Crippen molar-refractivity contribution in [2.45, 2.75) is 39.8 Å². The summed E-state index contributed by atoms with van der Waals surface area (Å²) >= 11 is 0. The minimum absolute atomic E-state index is 0.239. The van der Waals surface area contributed by atoms with Gasteiger partial charge in [0.15, 0.2) is 0 Å². The first-order chi connectivity index (χ1) is 27.2. The molecule has 0 saturated heterocycles. The molecule has 4 amide bonds. The molecule has 6 heteroatoms. The minimum atomic E-state index is -0.243. The molecule has 2 aliphatic heterocycles. The Balaban J connectivity index is 1.15. The normalized spacial score (nSPS) is 15.2. The number of benzene rings is 11. The Labute approximate surface area is 318 Å². The topological polar surface area (TPSA) is 74.8 Å². The average Bonchev–Trinajstić information content (AvgIpc) is 3.19. The monoisotopic (exact) mass is 722 g/mol. The molecule has 0 aromatic heterocycles. The molecule has 264 valence electrons. The van der Waals surface area contributed by atoms with Gasteiger partial charge in [0.25, 0.3) is 23.6 Å². The standard InChI is InChI=1S/C50H30N2O4/c1-21(2)51-47(53)35-17-13-31-27-9-5-23-25-7-11-29-33-15-19-37-46-38(50(56)52(22(3)4)49(37)55)20-16-34(44(33)46)30-12-8-26(40(25)42(29)30)24-6-10-28(41(27)39(23)24)32-14-18-36(48(51)54)45(35)43(31)32/h5-22H,1-4H3. The van der Waals surface area contributed by atoms with Crippen LogP contribution in [0.1, 0.15) is 69.1 Å². The number of imide groups is 2. The van der Waals surface area contributed by atoms with Crippen LogP contribution in [0.4, 0.5) is 0 Å². The van der Waals surface area contributed by atoms with Gasteiger partial charge in [-0.1, -0.05) is 72.8 Å².